The average molecular weight is 636 g/mol. The Hall–Kier alpha value is -5.22. The summed E-state index contributed by atoms with van der Waals surface area (Å²) in [5, 5.41) is 22.9. The van der Waals surface area contributed by atoms with Gasteiger partial charge in [0.1, 0.15) is 5.54 Å². The molecule has 0 unspecified atom stereocenters. The maximum atomic E-state index is 13.7. The molecule has 0 radical (unpaired) electrons. The van der Waals surface area contributed by atoms with Crippen LogP contribution in [0.5, 0.6) is 0 Å². The number of hydrogen-bond acceptors (Lipinski definition) is 4. The third kappa shape index (κ3) is 5.48. The first-order valence-corrected chi connectivity index (χ1v) is 16.3. The van der Waals surface area contributed by atoms with Crippen LogP contribution in [0.25, 0.3) is 22.0 Å². The van der Waals surface area contributed by atoms with E-state index in [-0.39, 0.29) is 11.8 Å². The van der Waals surface area contributed by atoms with Gasteiger partial charge in [0, 0.05) is 27.9 Å². The first-order valence-electron chi connectivity index (χ1n) is 16.0. The maximum absolute atomic E-state index is 13.7. The fourth-order valence-electron chi connectivity index (χ4n) is 6.86. The van der Waals surface area contributed by atoms with E-state index < -0.39 is 5.54 Å². The molecule has 0 saturated heterocycles. The van der Waals surface area contributed by atoms with Gasteiger partial charge in [0.2, 0.25) is 5.91 Å². The van der Waals surface area contributed by atoms with Gasteiger partial charge in [-0.25, -0.2) is 4.68 Å². The molecule has 2 N–H and O–H groups in total. The lowest BCUT2D eigenvalue weighted by Crippen LogP contribution is -2.45. The van der Waals surface area contributed by atoms with E-state index in [4.69, 9.17) is 16.7 Å². The number of rotatable bonds is 9. The summed E-state index contributed by atoms with van der Waals surface area (Å²) in [6.45, 7) is 2.97. The smallest absolute Gasteiger partial charge is 0.228 e. The van der Waals surface area contributed by atoms with Crippen molar-refractivity contribution in [2.24, 2.45) is 5.92 Å². The number of hydrogen-bond donors (Lipinski definition) is 2. The van der Waals surface area contributed by atoms with Crippen LogP contribution in [0.4, 0.5) is 5.82 Å². The third-order valence-electron chi connectivity index (χ3n) is 9.22. The molecule has 6 aromatic rings. The summed E-state index contributed by atoms with van der Waals surface area (Å²) in [6, 6.07) is 45.0. The summed E-state index contributed by atoms with van der Waals surface area (Å²) in [5.41, 5.74) is 5.14. The van der Waals surface area contributed by atoms with E-state index in [9.17, 15) is 10.1 Å². The molecule has 1 saturated carbocycles. The number of amides is 1. The number of anilines is 1. The van der Waals surface area contributed by atoms with Crippen molar-refractivity contribution < 1.29 is 4.79 Å². The molecule has 1 heterocycles. The number of carbonyl (C=O) groups excluding carboxylic acids is 1. The number of carbonyl (C=O) groups is 1. The minimum Gasteiger partial charge on any atom is -0.314 e. The summed E-state index contributed by atoms with van der Waals surface area (Å²) >= 11 is 6.68. The van der Waals surface area contributed by atoms with Gasteiger partial charge in [-0.15, -0.1) is 0 Å². The van der Waals surface area contributed by atoms with E-state index in [2.05, 4.69) is 64.7 Å². The minimum atomic E-state index is -0.877. The van der Waals surface area contributed by atoms with Crippen LogP contribution in [0, 0.1) is 17.2 Å². The number of fused-ring (bicyclic) bond motifs is 1. The number of halogens is 1. The summed E-state index contributed by atoms with van der Waals surface area (Å²) < 4.78 is 2.05. The molecule has 1 aromatic heterocycles. The fraction of sp³-hybridized carbons (Fsp3) is 0.175. The molecule has 6 nitrogen and oxygen atoms in total. The Labute approximate surface area is 279 Å². The average Bonchev–Trinajstić information content (AvgIpc) is 3.45. The summed E-state index contributed by atoms with van der Waals surface area (Å²) in [7, 11) is 0. The predicted molar refractivity (Wildman–Crippen MR) is 188 cm³/mol. The molecule has 0 bridgehead atoms. The molecule has 0 spiro atoms. The van der Waals surface area contributed by atoms with Crippen LogP contribution in [0.2, 0.25) is 5.02 Å². The largest absolute Gasteiger partial charge is 0.314 e. The van der Waals surface area contributed by atoms with Crippen molar-refractivity contribution in [3.8, 4) is 17.2 Å². The van der Waals surface area contributed by atoms with Crippen molar-refractivity contribution in [3.63, 3.8) is 0 Å². The Kier molecular flexibility index (Phi) is 8.34. The van der Waals surface area contributed by atoms with Gasteiger partial charge >= 0.3 is 0 Å². The monoisotopic (exact) mass is 635 g/mol. The molecule has 1 amide bonds. The lowest BCUT2D eigenvalue weighted by atomic mass is 9.77. The SMILES string of the molecule is CCNC1CC(C(=O)Nc2nn(C(c3ccccc3)(c3ccccc3)c3ccccc3)c3ccc(-c4cc(C#N)ccc4Cl)cc23)C1. The summed E-state index contributed by atoms with van der Waals surface area (Å²) in [6.07, 6.45) is 1.59. The zero-order chi connectivity index (χ0) is 32.4. The second-order valence-electron chi connectivity index (χ2n) is 12.0. The highest BCUT2D eigenvalue weighted by Crippen LogP contribution is 2.44. The Bertz CT molecular complexity index is 1980. The van der Waals surface area contributed by atoms with Gasteiger partial charge in [-0.1, -0.05) is 116 Å². The molecule has 7 heteroatoms. The second kappa shape index (κ2) is 12.9. The van der Waals surface area contributed by atoms with Crippen LogP contribution in [0.3, 0.4) is 0 Å². The quantitative estimate of drug-likeness (QED) is 0.156. The van der Waals surface area contributed by atoms with E-state index in [1.54, 1.807) is 18.2 Å². The number of aromatic nitrogens is 2. The van der Waals surface area contributed by atoms with Gasteiger partial charge < -0.3 is 10.6 Å². The van der Waals surface area contributed by atoms with Crippen molar-refractivity contribution >= 4 is 34.2 Å². The summed E-state index contributed by atoms with van der Waals surface area (Å²) in [5.74, 6) is 0.357. The lowest BCUT2D eigenvalue weighted by molar-refractivity contribution is -0.122. The van der Waals surface area contributed by atoms with Crippen molar-refractivity contribution in [1.82, 2.24) is 15.1 Å². The van der Waals surface area contributed by atoms with Gasteiger partial charge in [0.05, 0.1) is 17.1 Å². The van der Waals surface area contributed by atoms with Gasteiger partial charge in [0.25, 0.3) is 0 Å². The van der Waals surface area contributed by atoms with Crippen LogP contribution in [-0.2, 0) is 10.3 Å². The predicted octanol–water partition coefficient (Wildman–Crippen LogP) is 8.40. The molecule has 47 heavy (non-hydrogen) atoms. The lowest BCUT2D eigenvalue weighted by Gasteiger charge is -2.37. The van der Waals surface area contributed by atoms with Gasteiger partial charge in [-0.05, 0) is 72.0 Å². The van der Waals surface area contributed by atoms with E-state index in [1.807, 2.05) is 72.8 Å². The molecule has 0 atom stereocenters. The van der Waals surface area contributed by atoms with Crippen molar-refractivity contribution in [2.75, 3.05) is 11.9 Å². The zero-order valence-corrected chi connectivity index (χ0v) is 26.8. The molecule has 7 rings (SSSR count). The third-order valence-corrected chi connectivity index (χ3v) is 9.55. The number of benzene rings is 5. The van der Waals surface area contributed by atoms with Crippen LogP contribution in [0.1, 0.15) is 42.0 Å². The van der Waals surface area contributed by atoms with Gasteiger partial charge in [0.15, 0.2) is 5.82 Å². The van der Waals surface area contributed by atoms with Crippen molar-refractivity contribution in [1.29, 1.82) is 5.26 Å². The van der Waals surface area contributed by atoms with Crippen molar-refractivity contribution in [2.45, 2.75) is 31.3 Å². The standard InChI is InChI=1S/C40H34ClN5O/c1-2-43-33-23-29(24-33)39(47)44-38-35-25-28(34-22-27(26-42)18-20-36(34)41)19-21-37(35)46(45-38)40(30-12-6-3-7-13-30,31-14-8-4-9-15-31)32-16-10-5-11-17-32/h3-22,25,29,33,43H,2,23-24H2,1H3,(H,44,45,47). The fourth-order valence-corrected chi connectivity index (χ4v) is 7.09. The van der Waals surface area contributed by atoms with Crippen LogP contribution in [-0.4, -0.2) is 28.3 Å². The molecule has 1 fully saturated rings. The highest BCUT2D eigenvalue weighted by Gasteiger charge is 2.41. The summed E-state index contributed by atoms with van der Waals surface area (Å²) in [4.78, 5) is 13.7. The van der Waals surface area contributed by atoms with Gasteiger partial charge in [-0.2, -0.15) is 10.4 Å². The molecule has 1 aliphatic rings. The molecule has 232 valence electrons. The Morgan fingerprint density at radius 2 is 1.47 bits per heavy atom. The van der Waals surface area contributed by atoms with E-state index in [0.29, 0.717) is 22.4 Å². The number of nitrogens with zero attached hydrogens (tertiary/aromatic N) is 3. The van der Waals surface area contributed by atoms with E-state index in [1.165, 1.54) is 0 Å². The normalized spacial score (nSPS) is 15.9. The first-order chi connectivity index (χ1) is 23.0. The molecule has 1 aliphatic carbocycles. The molecule has 5 aromatic carbocycles. The second-order valence-corrected chi connectivity index (χ2v) is 12.4. The van der Waals surface area contributed by atoms with Gasteiger partial charge in [-0.3, -0.25) is 4.79 Å². The Balaban J connectivity index is 1.48. The number of nitrogens with one attached hydrogen (secondary N) is 2. The van der Waals surface area contributed by atoms with Crippen LogP contribution < -0.4 is 10.6 Å². The Morgan fingerprint density at radius 3 is 2.02 bits per heavy atom. The molecule has 0 aliphatic heterocycles. The van der Waals surface area contributed by atoms with Crippen LogP contribution >= 0.6 is 11.6 Å². The highest BCUT2D eigenvalue weighted by atomic mass is 35.5. The highest BCUT2D eigenvalue weighted by molar-refractivity contribution is 6.33. The minimum absolute atomic E-state index is 0.0367. The zero-order valence-electron chi connectivity index (χ0n) is 26.0. The number of nitriles is 1. The maximum Gasteiger partial charge on any atom is 0.228 e. The molecular weight excluding hydrogens is 602 g/mol. The Morgan fingerprint density at radius 1 is 0.872 bits per heavy atom. The molecular formula is C40H34ClN5O. The van der Waals surface area contributed by atoms with E-state index in [0.717, 1.165) is 58.1 Å². The first kappa shape index (κ1) is 30.4. The van der Waals surface area contributed by atoms with Crippen LogP contribution in [0.15, 0.2) is 127 Å². The topological polar surface area (TPSA) is 82.7 Å². The van der Waals surface area contributed by atoms with Crippen molar-refractivity contribution in [3.05, 3.63) is 155 Å². The van der Waals surface area contributed by atoms with E-state index >= 15 is 0 Å².